The van der Waals surface area contributed by atoms with Crippen LogP contribution >= 0.6 is 0 Å². The fraction of sp³-hybridized carbons (Fsp3) is 0.304. The minimum Gasteiger partial charge on any atom is -0.465 e. The average Bonchev–Trinajstić information content (AvgIpc) is 2.78. The molecule has 1 fully saturated rings. The van der Waals surface area contributed by atoms with Gasteiger partial charge in [-0.3, -0.25) is 9.78 Å². The maximum atomic E-state index is 12.9. The third-order valence-corrected chi connectivity index (χ3v) is 5.47. The average molecular weight is 404 g/mol. The molecular formula is C23H24N4O3. The van der Waals surface area contributed by atoms with E-state index >= 15 is 0 Å². The second kappa shape index (κ2) is 8.49. The summed E-state index contributed by atoms with van der Waals surface area (Å²) in [5, 5.41) is 2.93. The Morgan fingerprint density at radius 2 is 1.83 bits per heavy atom. The highest BCUT2D eigenvalue weighted by Crippen LogP contribution is 2.31. The molecule has 1 aromatic heterocycles. The number of aromatic nitrogens is 2. The lowest BCUT2D eigenvalue weighted by Crippen LogP contribution is -2.33. The van der Waals surface area contributed by atoms with E-state index in [0.29, 0.717) is 22.7 Å². The molecule has 30 heavy (non-hydrogen) atoms. The Balaban J connectivity index is 1.65. The highest BCUT2D eigenvalue weighted by Gasteiger charge is 2.21. The van der Waals surface area contributed by atoms with E-state index in [4.69, 9.17) is 4.74 Å². The van der Waals surface area contributed by atoms with Crippen LogP contribution in [0.25, 0.3) is 11.0 Å². The number of fused-ring (bicyclic) bond motifs is 1. The third-order valence-electron chi connectivity index (χ3n) is 5.47. The molecule has 1 saturated heterocycles. The number of anilines is 2. The second-order valence-corrected chi connectivity index (χ2v) is 7.59. The first-order valence-corrected chi connectivity index (χ1v) is 10.1. The molecule has 0 saturated carbocycles. The van der Waals surface area contributed by atoms with Gasteiger partial charge in [-0.25, -0.2) is 9.78 Å². The highest BCUT2D eigenvalue weighted by atomic mass is 16.5. The summed E-state index contributed by atoms with van der Waals surface area (Å²) >= 11 is 0. The van der Waals surface area contributed by atoms with Crippen LogP contribution in [0, 0.1) is 5.92 Å². The van der Waals surface area contributed by atoms with Crippen molar-refractivity contribution in [2.45, 2.75) is 19.8 Å². The van der Waals surface area contributed by atoms with Gasteiger partial charge in [0.2, 0.25) is 0 Å². The Kier molecular flexibility index (Phi) is 5.61. The smallest absolute Gasteiger partial charge is 0.337 e. The molecular weight excluding hydrogens is 380 g/mol. The van der Waals surface area contributed by atoms with Gasteiger partial charge in [0.15, 0.2) is 0 Å². The van der Waals surface area contributed by atoms with Crippen LogP contribution in [-0.2, 0) is 4.74 Å². The summed E-state index contributed by atoms with van der Waals surface area (Å²) < 4.78 is 4.84. The molecule has 2 heterocycles. The van der Waals surface area contributed by atoms with Crippen molar-refractivity contribution in [3.63, 3.8) is 0 Å². The monoisotopic (exact) mass is 404 g/mol. The van der Waals surface area contributed by atoms with Gasteiger partial charge >= 0.3 is 5.97 Å². The van der Waals surface area contributed by atoms with E-state index < -0.39 is 5.97 Å². The Morgan fingerprint density at radius 3 is 2.57 bits per heavy atom. The Bertz CT molecular complexity index is 1090. The van der Waals surface area contributed by atoms with Crippen LogP contribution < -0.4 is 10.2 Å². The van der Waals surface area contributed by atoms with Crippen LogP contribution in [0.15, 0.2) is 48.7 Å². The molecule has 1 N–H and O–H groups in total. The van der Waals surface area contributed by atoms with Crippen molar-refractivity contribution in [3.8, 4) is 0 Å². The molecule has 4 rings (SSSR count). The Labute approximate surface area is 175 Å². The number of rotatable bonds is 4. The molecule has 0 aliphatic carbocycles. The summed E-state index contributed by atoms with van der Waals surface area (Å²) in [6, 6.07) is 12.6. The number of nitrogens with zero attached hydrogens (tertiary/aromatic N) is 3. The lowest BCUT2D eigenvalue weighted by atomic mass is 9.98. The molecule has 7 heteroatoms. The van der Waals surface area contributed by atoms with E-state index in [0.717, 1.165) is 37.1 Å². The number of amides is 1. The topological polar surface area (TPSA) is 84.4 Å². The van der Waals surface area contributed by atoms with Gasteiger partial charge < -0.3 is 15.0 Å². The lowest BCUT2D eigenvalue weighted by molar-refractivity contribution is 0.0600. The molecule has 3 aromatic rings. The molecule has 0 spiro atoms. The number of piperidine rings is 1. The molecule has 0 radical (unpaired) electrons. The molecule has 1 aliphatic rings. The number of hydrogen-bond donors (Lipinski definition) is 1. The van der Waals surface area contributed by atoms with Crippen molar-refractivity contribution in [2.75, 3.05) is 30.4 Å². The lowest BCUT2D eigenvalue weighted by Gasteiger charge is -2.33. The fourth-order valence-corrected chi connectivity index (χ4v) is 3.66. The maximum Gasteiger partial charge on any atom is 0.337 e. The van der Waals surface area contributed by atoms with Crippen molar-refractivity contribution < 1.29 is 14.3 Å². The summed E-state index contributed by atoms with van der Waals surface area (Å²) in [6.07, 6.45) is 3.63. The van der Waals surface area contributed by atoms with Gasteiger partial charge in [-0.15, -0.1) is 0 Å². The summed E-state index contributed by atoms with van der Waals surface area (Å²) in [7, 11) is 1.34. The Morgan fingerprint density at radius 1 is 1.10 bits per heavy atom. The van der Waals surface area contributed by atoms with Crippen LogP contribution in [0.2, 0.25) is 0 Å². The van der Waals surface area contributed by atoms with Crippen LogP contribution in [-0.4, -0.2) is 42.0 Å². The van der Waals surface area contributed by atoms with Gasteiger partial charge in [-0.2, -0.15) is 0 Å². The summed E-state index contributed by atoms with van der Waals surface area (Å²) in [4.78, 5) is 35.9. The standard InChI is InChI=1S/C23H24N4O3/c1-15-9-11-27(12-10-15)21-8-7-16(23(29)30-2)13-19(21)26-22(28)20-14-24-17-5-3-4-6-18(17)25-20/h3-8,13-15H,9-12H2,1-2H3,(H,26,28). The zero-order chi connectivity index (χ0) is 21.1. The first kappa shape index (κ1) is 19.8. The molecule has 7 nitrogen and oxygen atoms in total. The van der Waals surface area contributed by atoms with Crippen LogP contribution in [0.4, 0.5) is 11.4 Å². The van der Waals surface area contributed by atoms with Crippen LogP contribution in [0.5, 0.6) is 0 Å². The number of esters is 1. The van der Waals surface area contributed by atoms with Crippen molar-refractivity contribution in [3.05, 3.63) is 59.9 Å². The van der Waals surface area contributed by atoms with Crippen LogP contribution in [0.3, 0.4) is 0 Å². The number of carbonyl (C=O) groups is 2. The molecule has 1 amide bonds. The SMILES string of the molecule is COC(=O)c1ccc(N2CCC(C)CC2)c(NC(=O)c2cnc3ccccc3n2)c1. The van der Waals surface area contributed by atoms with Crippen molar-refractivity contribution >= 4 is 34.3 Å². The van der Waals surface area contributed by atoms with Gasteiger partial charge in [-0.1, -0.05) is 19.1 Å². The minimum absolute atomic E-state index is 0.218. The first-order valence-electron chi connectivity index (χ1n) is 10.1. The minimum atomic E-state index is -0.449. The fourth-order valence-electron chi connectivity index (χ4n) is 3.66. The Hall–Kier alpha value is -3.48. The van der Waals surface area contributed by atoms with E-state index in [1.165, 1.54) is 13.3 Å². The van der Waals surface area contributed by atoms with E-state index in [1.807, 2.05) is 30.3 Å². The number of ether oxygens (including phenoxy) is 1. The van der Waals surface area contributed by atoms with E-state index in [2.05, 4.69) is 27.1 Å². The quantitative estimate of drug-likeness (QED) is 0.664. The van der Waals surface area contributed by atoms with E-state index in [-0.39, 0.29) is 11.6 Å². The second-order valence-electron chi connectivity index (χ2n) is 7.59. The van der Waals surface area contributed by atoms with Gasteiger partial charge in [0, 0.05) is 13.1 Å². The zero-order valence-corrected chi connectivity index (χ0v) is 17.1. The largest absolute Gasteiger partial charge is 0.465 e. The zero-order valence-electron chi connectivity index (χ0n) is 17.1. The summed E-state index contributed by atoms with van der Waals surface area (Å²) in [6.45, 7) is 4.05. The first-order chi connectivity index (χ1) is 14.5. The van der Waals surface area contributed by atoms with Gasteiger partial charge in [0.05, 0.1) is 41.3 Å². The number of hydrogen-bond acceptors (Lipinski definition) is 6. The van der Waals surface area contributed by atoms with E-state index in [1.54, 1.807) is 12.1 Å². The number of methoxy groups -OCH3 is 1. The normalized spacial score (nSPS) is 14.5. The molecule has 154 valence electrons. The number of carbonyl (C=O) groups excluding carboxylic acids is 2. The van der Waals surface area contributed by atoms with Gasteiger partial charge in [0.1, 0.15) is 5.69 Å². The summed E-state index contributed by atoms with van der Waals surface area (Å²) in [5.41, 5.74) is 3.43. The predicted molar refractivity (Wildman–Crippen MR) is 116 cm³/mol. The van der Waals surface area contributed by atoms with Gasteiger partial charge in [0.25, 0.3) is 5.91 Å². The van der Waals surface area contributed by atoms with Crippen molar-refractivity contribution in [1.82, 2.24) is 9.97 Å². The molecule has 0 atom stereocenters. The molecule has 2 aromatic carbocycles. The third kappa shape index (κ3) is 4.10. The number of para-hydroxylation sites is 2. The number of nitrogens with one attached hydrogen (secondary N) is 1. The summed E-state index contributed by atoms with van der Waals surface area (Å²) in [5.74, 6) is -0.141. The van der Waals surface area contributed by atoms with Crippen LogP contribution in [0.1, 0.15) is 40.6 Å². The van der Waals surface area contributed by atoms with Crippen molar-refractivity contribution in [2.24, 2.45) is 5.92 Å². The van der Waals surface area contributed by atoms with E-state index in [9.17, 15) is 9.59 Å². The number of benzene rings is 2. The highest BCUT2D eigenvalue weighted by molar-refractivity contribution is 6.06. The molecule has 0 bridgehead atoms. The van der Waals surface area contributed by atoms with Crippen molar-refractivity contribution in [1.29, 1.82) is 0 Å². The predicted octanol–water partition coefficient (Wildman–Crippen LogP) is 3.91. The molecule has 1 aliphatic heterocycles. The maximum absolute atomic E-state index is 12.9. The van der Waals surface area contributed by atoms with Gasteiger partial charge in [-0.05, 0) is 49.1 Å². The molecule has 0 unspecified atom stereocenters.